The Hall–Kier alpha value is -2.19. The van der Waals surface area contributed by atoms with Gasteiger partial charge in [-0.15, -0.1) is 11.3 Å². The normalized spacial score (nSPS) is 9.65. The maximum absolute atomic E-state index is 12.0. The topological polar surface area (TPSA) is 57.0 Å². The van der Waals surface area contributed by atoms with E-state index in [1.54, 1.807) is 24.1 Å². The van der Waals surface area contributed by atoms with Gasteiger partial charge in [-0.1, -0.05) is 0 Å². The van der Waals surface area contributed by atoms with Crippen molar-refractivity contribution < 1.29 is 4.79 Å². The Bertz CT molecular complexity index is 554. The third-order valence-electron chi connectivity index (χ3n) is 2.25. The third kappa shape index (κ3) is 2.32. The lowest BCUT2D eigenvalue weighted by molar-refractivity contribution is 0.0989. The smallest absolute Gasteiger partial charge is 0.277 e. The molecule has 0 aliphatic heterocycles. The number of nitrogens with zero attached hydrogens (tertiary/aromatic N) is 3. The lowest BCUT2D eigenvalue weighted by Gasteiger charge is -2.13. The average Bonchev–Trinajstić information content (AvgIpc) is 2.91. The van der Waals surface area contributed by atoms with Crippen LogP contribution in [0.25, 0.3) is 0 Å². The van der Waals surface area contributed by atoms with Crippen LogP contribution in [-0.2, 0) is 0 Å². The average molecular weight is 243 g/mol. The van der Waals surface area contributed by atoms with E-state index in [1.807, 2.05) is 23.6 Å². The first-order chi connectivity index (χ1) is 8.22. The largest absolute Gasteiger partial charge is 0.301 e. The summed E-state index contributed by atoms with van der Waals surface area (Å²) in [6.45, 7) is 0. The number of rotatable bonds is 2. The van der Waals surface area contributed by atoms with Crippen molar-refractivity contribution in [1.82, 2.24) is 4.98 Å². The number of nitriles is 1. The molecule has 2 aromatic heterocycles. The number of anilines is 1. The van der Waals surface area contributed by atoms with E-state index in [0.717, 1.165) is 5.00 Å². The van der Waals surface area contributed by atoms with Gasteiger partial charge in [0.05, 0.1) is 10.6 Å². The molecule has 0 fully saturated rings. The molecular weight excluding hydrogens is 234 g/mol. The molecule has 0 atom stereocenters. The van der Waals surface area contributed by atoms with Crippen LogP contribution in [0.3, 0.4) is 0 Å². The molecule has 5 heteroatoms. The van der Waals surface area contributed by atoms with Crippen LogP contribution >= 0.6 is 11.3 Å². The number of hydrogen-bond donors (Lipinski definition) is 0. The first-order valence-corrected chi connectivity index (χ1v) is 5.78. The lowest BCUT2D eigenvalue weighted by atomic mass is 10.2. The van der Waals surface area contributed by atoms with Crippen LogP contribution in [0.15, 0.2) is 35.8 Å². The minimum Gasteiger partial charge on any atom is -0.301 e. The molecule has 0 aliphatic rings. The van der Waals surface area contributed by atoms with E-state index in [1.165, 1.54) is 17.5 Å². The fourth-order valence-corrected chi connectivity index (χ4v) is 2.01. The molecule has 0 aromatic carbocycles. The third-order valence-corrected chi connectivity index (χ3v) is 3.20. The molecule has 0 radical (unpaired) electrons. The predicted octanol–water partition coefficient (Wildman–Crippen LogP) is 2.29. The van der Waals surface area contributed by atoms with Crippen molar-refractivity contribution in [3.8, 4) is 6.07 Å². The first kappa shape index (κ1) is 11.3. The summed E-state index contributed by atoms with van der Waals surface area (Å²) in [5.41, 5.74) is 0.778. The molecule has 0 saturated heterocycles. The highest BCUT2D eigenvalue weighted by Gasteiger charge is 2.15. The van der Waals surface area contributed by atoms with Crippen molar-refractivity contribution in [1.29, 1.82) is 5.26 Å². The monoisotopic (exact) mass is 243 g/mol. The number of amides is 1. The second-order valence-electron chi connectivity index (χ2n) is 3.36. The molecule has 1 amide bonds. The predicted molar refractivity (Wildman–Crippen MR) is 66.0 cm³/mol. The van der Waals surface area contributed by atoms with E-state index in [2.05, 4.69) is 4.98 Å². The number of carbonyl (C=O) groups excluding carboxylic acids is 1. The lowest BCUT2D eigenvalue weighted by Crippen LogP contribution is -2.26. The maximum atomic E-state index is 12.0. The summed E-state index contributed by atoms with van der Waals surface area (Å²) in [6.07, 6.45) is 1.40. The zero-order chi connectivity index (χ0) is 12.3. The minimum absolute atomic E-state index is 0.183. The van der Waals surface area contributed by atoms with Gasteiger partial charge in [-0.25, -0.2) is 4.98 Å². The Morgan fingerprint density at radius 2 is 2.29 bits per heavy atom. The molecular formula is C12H9N3OS. The van der Waals surface area contributed by atoms with E-state index < -0.39 is 0 Å². The van der Waals surface area contributed by atoms with Gasteiger partial charge in [0.2, 0.25) is 0 Å². The summed E-state index contributed by atoms with van der Waals surface area (Å²) >= 11 is 1.49. The number of pyridine rings is 1. The Morgan fingerprint density at radius 1 is 1.47 bits per heavy atom. The number of aromatic nitrogens is 1. The molecule has 0 aliphatic carbocycles. The van der Waals surface area contributed by atoms with Crippen molar-refractivity contribution in [2.24, 2.45) is 0 Å². The molecule has 0 bridgehead atoms. The van der Waals surface area contributed by atoms with Gasteiger partial charge in [0.15, 0.2) is 0 Å². The number of hydrogen-bond acceptors (Lipinski definition) is 4. The second kappa shape index (κ2) is 4.76. The molecule has 17 heavy (non-hydrogen) atoms. The SMILES string of the molecule is CN(C(=O)c1ccc(C#N)cn1)c1cccs1. The van der Waals surface area contributed by atoms with Gasteiger partial charge >= 0.3 is 0 Å². The number of carbonyl (C=O) groups is 1. The van der Waals surface area contributed by atoms with E-state index >= 15 is 0 Å². The summed E-state index contributed by atoms with van der Waals surface area (Å²) in [4.78, 5) is 17.5. The summed E-state index contributed by atoms with van der Waals surface area (Å²) < 4.78 is 0. The Kier molecular flexibility index (Phi) is 3.17. The molecule has 2 aromatic rings. The Balaban J connectivity index is 2.22. The highest BCUT2D eigenvalue weighted by Crippen LogP contribution is 2.21. The van der Waals surface area contributed by atoms with Crippen LogP contribution in [0.4, 0.5) is 5.00 Å². The van der Waals surface area contributed by atoms with Crippen molar-refractivity contribution in [3.05, 3.63) is 47.1 Å². The fraction of sp³-hybridized carbons (Fsp3) is 0.0833. The summed E-state index contributed by atoms with van der Waals surface area (Å²) in [7, 11) is 1.70. The molecule has 4 nitrogen and oxygen atoms in total. The minimum atomic E-state index is -0.183. The van der Waals surface area contributed by atoms with Crippen LogP contribution in [0.2, 0.25) is 0 Å². The van der Waals surface area contributed by atoms with Gasteiger partial charge in [-0.2, -0.15) is 5.26 Å². The fourth-order valence-electron chi connectivity index (χ4n) is 1.32. The molecule has 0 spiro atoms. The van der Waals surface area contributed by atoms with Gasteiger partial charge in [-0.05, 0) is 29.6 Å². The van der Waals surface area contributed by atoms with Crippen LogP contribution < -0.4 is 4.90 Å². The van der Waals surface area contributed by atoms with Crippen molar-refractivity contribution >= 4 is 22.2 Å². The standard InChI is InChI=1S/C12H9N3OS/c1-15(11-3-2-6-17-11)12(16)10-5-4-9(7-13)8-14-10/h2-6,8H,1H3. The van der Waals surface area contributed by atoms with Crippen LogP contribution in [0.5, 0.6) is 0 Å². The number of thiophene rings is 1. The molecule has 0 unspecified atom stereocenters. The molecule has 0 saturated carbocycles. The van der Waals surface area contributed by atoms with E-state index in [-0.39, 0.29) is 5.91 Å². The summed E-state index contributed by atoms with van der Waals surface area (Å²) in [5, 5.41) is 11.4. The van der Waals surface area contributed by atoms with Crippen LogP contribution in [-0.4, -0.2) is 17.9 Å². The maximum Gasteiger partial charge on any atom is 0.277 e. The van der Waals surface area contributed by atoms with E-state index in [0.29, 0.717) is 11.3 Å². The van der Waals surface area contributed by atoms with Gasteiger partial charge in [0, 0.05) is 13.2 Å². The van der Waals surface area contributed by atoms with Crippen LogP contribution in [0.1, 0.15) is 16.1 Å². The second-order valence-corrected chi connectivity index (χ2v) is 4.29. The van der Waals surface area contributed by atoms with Gasteiger partial charge in [0.25, 0.3) is 5.91 Å². The quantitative estimate of drug-likeness (QED) is 0.813. The summed E-state index contributed by atoms with van der Waals surface area (Å²) in [6, 6.07) is 8.86. The van der Waals surface area contributed by atoms with Crippen molar-refractivity contribution in [2.75, 3.05) is 11.9 Å². The first-order valence-electron chi connectivity index (χ1n) is 4.90. The Morgan fingerprint density at radius 3 is 2.82 bits per heavy atom. The highest BCUT2D eigenvalue weighted by molar-refractivity contribution is 7.14. The molecule has 2 rings (SSSR count). The van der Waals surface area contributed by atoms with Crippen molar-refractivity contribution in [2.45, 2.75) is 0 Å². The van der Waals surface area contributed by atoms with Crippen LogP contribution in [0, 0.1) is 11.3 Å². The molecule has 84 valence electrons. The highest BCUT2D eigenvalue weighted by atomic mass is 32.1. The molecule has 0 N–H and O–H groups in total. The van der Waals surface area contributed by atoms with E-state index in [9.17, 15) is 4.79 Å². The summed E-state index contributed by atoms with van der Waals surface area (Å²) in [5.74, 6) is -0.183. The van der Waals surface area contributed by atoms with Gasteiger partial charge in [0.1, 0.15) is 11.8 Å². The van der Waals surface area contributed by atoms with Gasteiger partial charge in [-0.3, -0.25) is 4.79 Å². The molecule has 2 heterocycles. The zero-order valence-corrected chi connectivity index (χ0v) is 9.94. The van der Waals surface area contributed by atoms with Gasteiger partial charge < -0.3 is 4.90 Å². The zero-order valence-electron chi connectivity index (χ0n) is 9.12. The van der Waals surface area contributed by atoms with Crippen molar-refractivity contribution in [3.63, 3.8) is 0 Å². The Labute approximate surface area is 103 Å². The van der Waals surface area contributed by atoms with E-state index in [4.69, 9.17) is 5.26 Å².